The van der Waals surface area contributed by atoms with Gasteiger partial charge in [0.05, 0.1) is 29.0 Å². The van der Waals surface area contributed by atoms with Gasteiger partial charge in [-0.3, -0.25) is 9.59 Å². The van der Waals surface area contributed by atoms with Gasteiger partial charge < -0.3 is 30.0 Å². The fraction of sp³-hybridized carbons (Fsp3) is 0.333. The number of carboxylic acids is 2. The molecule has 0 bridgehead atoms. The van der Waals surface area contributed by atoms with Crippen LogP contribution < -0.4 is 74.6 Å². The minimum atomic E-state index is -1.68. The molecule has 4 rings (SSSR count). The van der Waals surface area contributed by atoms with Crippen LogP contribution in [0.5, 0.6) is 0 Å². The zero-order chi connectivity index (χ0) is 21.1. The summed E-state index contributed by atoms with van der Waals surface area (Å²) in [5.74, 6) is -4.54. The van der Waals surface area contributed by atoms with E-state index in [1.165, 1.54) is 11.8 Å². The summed E-state index contributed by atoms with van der Waals surface area (Å²) in [4.78, 5) is 57.2. The number of para-hydroxylation sites is 2. The van der Waals surface area contributed by atoms with Gasteiger partial charge in [0, 0.05) is 4.75 Å². The number of aliphatic carboxylic acids is 1. The molecule has 2 amide bonds. The predicted octanol–water partition coefficient (Wildman–Crippen LogP) is -8.09. The van der Waals surface area contributed by atoms with Gasteiger partial charge in [-0.1, -0.05) is 12.1 Å². The number of aromatic nitrogens is 2. The molecule has 2 aromatic rings. The van der Waals surface area contributed by atoms with Crippen molar-refractivity contribution in [1.82, 2.24) is 20.2 Å². The molecule has 1 unspecified atom stereocenters. The van der Waals surface area contributed by atoms with Crippen LogP contribution in [-0.2, 0) is 9.59 Å². The summed E-state index contributed by atoms with van der Waals surface area (Å²) in [6.07, 6.45) is 0. The first kappa shape index (κ1) is 26.0. The van der Waals surface area contributed by atoms with Crippen molar-refractivity contribution in [2.24, 2.45) is 0 Å². The van der Waals surface area contributed by atoms with Crippen LogP contribution in [0.25, 0.3) is 11.0 Å². The zero-order valence-electron chi connectivity index (χ0n) is 17.2. The number of benzene rings is 1. The first-order valence-corrected chi connectivity index (χ1v) is 9.49. The number of hydrogen-bond donors (Lipinski definition) is 1. The van der Waals surface area contributed by atoms with E-state index in [1.807, 2.05) is 0 Å². The third-order valence-electron chi connectivity index (χ3n) is 4.93. The number of amides is 2. The van der Waals surface area contributed by atoms with Crippen molar-refractivity contribution in [3.63, 3.8) is 0 Å². The zero-order valence-corrected chi connectivity index (χ0v) is 22.1. The van der Waals surface area contributed by atoms with Gasteiger partial charge in [0.25, 0.3) is 5.91 Å². The second-order valence-corrected chi connectivity index (χ2v) is 9.00. The fourth-order valence-corrected chi connectivity index (χ4v) is 5.26. The summed E-state index contributed by atoms with van der Waals surface area (Å²) in [5.41, 5.74) is -0.540. The summed E-state index contributed by atoms with van der Waals surface area (Å²) in [6.45, 7) is 3.34. The normalized spacial score (nSPS) is 23.1. The van der Waals surface area contributed by atoms with E-state index in [-0.39, 0.29) is 64.6 Å². The molecule has 1 N–H and O–H groups in total. The second-order valence-electron chi connectivity index (χ2n) is 7.23. The molecule has 2 aliphatic rings. The number of rotatable bonds is 4. The van der Waals surface area contributed by atoms with Gasteiger partial charge in [-0.2, -0.15) is 0 Å². The third kappa shape index (κ3) is 4.37. The molecule has 10 nitrogen and oxygen atoms in total. The largest absolute Gasteiger partial charge is 1.00 e. The summed E-state index contributed by atoms with van der Waals surface area (Å²) >= 11 is 1.22. The van der Waals surface area contributed by atoms with E-state index in [2.05, 4.69) is 15.3 Å². The molecule has 2 fully saturated rings. The topological polar surface area (TPSA) is 155 Å². The molecular formula is C18H14N4Na2O6S. The monoisotopic (exact) mass is 460 g/mol. The average Bonchev–Trinajstić information content (AvgIpc) is 2.92. The van der Waals surface area contributed by atoms with E-state index < -0.39 is 57.3 Å². The Morgan fingerprint density at radius 1 is 1.06 bits per heavy atom. The van der Waals surface area contributed by atoms with E-state index in [0.29, 0.717) is 5.52 Å². The van der Waals surface area contributed by atoms with Crippen LogP contribution in [0.3, 0.4) is 0 Å². The van der Waals surface area contributed by atoms with Crippen molar-refractivity contribution in [1.29, 1.82) is 0 Å². The van der Waals surface area contributed by atoms with E-state index in [9.17, 15) is 29.4 Å². The minimum absolute atomic E-state index is 0. The van der Waals surface area contributed by atoms with E-state index in [1.54, 1.807) is 38.1 Å². The minimum Gasteiger partial charge on any atom is -0.548 e. The van der Waals surface area contributed by atoms with Crippen LogP contribution in [0.4, 0.5) is 0 Å². The first-order valence-electron chi connectivity index (χ1n) is 8.61. The Kier molecular flexibility index (Phi) is 7.85. The van der Waals surface area contributed by atoms with Gasteiger partial charge in [0.1, 0.15) is 17.1 Å². The van der Waals surface area contributed by atoms with Gasteiger partial charge in [0.15, 0.2) is 5.69 Å². The van der Waals surface area contributed by atoms with Gasteiger partial charge in [0.2, 0.25) is 5.91 Å². The number of carboxylic acid groups (broad SMARTS) is 2. The summed E-state index contributed by atoms with van der Waals surface area (Å²) in [5, 5.41) is 24.7. The Labute approximate surface area is 225 Å². The van der Waals surface area contributed by atoms with Crippen molar-refractivity contribution in [2.45, 2.75) is 36.1 Å². The maximum Gasteiger partial charge on any atom is 1.00 e. The van der Waals surface area contributed by atoms with Crippen LogP contribution in [0.15, 0.2) is 24.3 Å². The van der Waals surface area contributed by atoms with Crippen molar-refractivity contribution in [2.75, 3.05) is 0 Å². The fourth-order valence-electron chi connectivity index (χ4n) is 3.64. The number of thioether (sulfide) groups is 1. The number of hydrogen-bond acceptors (Lipinski definition) is 9. The van der Waals surface area contributed by atoms with Crippen molar-refractivity contribution < 1.29 is 88.5 Å². The molecule has 0 saturated carbocycles. The van der Waals surface area contributed by atoms with Crippen molar-refractivity contribution in [3.8, 4) is 0 Å². The Balaban J connectivity index is 0.00000171. The van der Waals surface area contributed by atoms with E-state index in [0.717, 1.165) is 4.90 Å². The molecule has 13 heteroatoms. The quantitative estimate of drug-likeness (QED) is 0.346. The summed E-state index contributed by atoms with van der Waals surface area (Å²) in [6, 6.07) is 4.26. The Bertz CT molecular complexity index is 1100. The van der Waals surface area contributed by atoms with Gasteiger partial charge >= 0.3 is 59.1 Å². The van der Waals surface area contributed by atoms with Crippen LogP contribution in [-0.4, -0.2) is 60.8 Å². The molecule has 0 radical (unpaired) electrons. The molecule has 0 spiro atoms. The number of carbonyl (C=O) groups excluding carboxylic acids is 4. The number of aromatic carboxylic acids is 1. The molecule has 2 saturated heterocycles. The Hall–Kier alpha value is -1.21. The SMILES string of the molecule is CC1(C)S[C@@H]2[C@H](NC(=O)c3nc4ccccc4nc3C(=O)[O-])C(=O)N2C1C(=O)[O-].[Na+].[Na+]. The average molecular weight is 460 g/mol. The van der Waals surface area contributed by atoms with Gasteiger partial charge in [-0.25, -0.2) is 9.97 Å². The predicted molar refractivity (Wildman–Crippen MR) is 96.2 cm³/mol. The number of nitrogens with one attached hydrogen (secondary N) is 1. The molecule has 3 heterocycles. The molecule has 0 aliphatic carbocycles. The Morgan fingerprint density at radius 2 is 1.61 bits per heavy atom. The second kappa shape index (κ2) is 9.34. The molecule has 1 aromatic heterocycles. The molecular weight excluding hydrogens is 446 g/mol. The first-order chi connectivity index (χ1) is 13.6. The molecule has 3 atom stereocenters. The van der Waals surface area contributed by atoms with Crippen molar-refractivity contribution in [3.05, 3.63) is 35.7 Å². The van der Waals surface area contributed by atoms with Crippen LogP contribution in [0.1, 0.15) is 34.8 Å². The summed E-state index contributed by atoms with van der Waals surface area (Å²) in [7, 11) is 0. The number of nitrogens with zero attached hydrogens (tertiary/aromatic N) is 3. The number of carbonyl (C=O) groups is 4. The molecule has 150 valence electrons. The molecule has 1 aromatic carbocycles. The maximum absolute atomic E-state index is 12.7. The molecule has 2 aliphatic heterocycles. The maximum atomic E-state index is 12.7. The molecule has 31 heavy (non-hydrogen) atoms. The van der Waals surface area contributed by atoms with Crippen LogP contribution in [0, 0.1) is 0 Å². The van der Waals surface area contributed by atoms with Crippen LogP contribution in [0.2, 0.25) is 0 Å². The van der Waals surface area contributed by atoms with E-state index in [4.69, 9.17) is 0 Å². The number of β-lactam (4-membered cyclic amide) rings is 1. The Morgan fingerprint density at radius 3 is 2.13 bits per heavy atom. The summed E-state index contributed by atoms with van der Waals surface area (Å²) < 4.78 is -0.808. The van der Waals surface area contributed by atoms with Crippen molar-refractivity contribution >= 4 is 46.5 Å². The van der Waals surface area contributed by atoms with E-state index >= 15 is 0 Å². The smallest absolute Gasteiger partial charge is 0.548 e. The van der Waals surface area contributed by atoms with Gasteiger partial charge in [-0.15, -0.1) is 11.8 Å². The standard InChI is InChI=1S/C18H16N4O6S.2Na/c1-18(2)12(17(27)28)22-14(24)11(15(22)29-18)21-13(23)9-10(16(25)26)20-8-6-4-3-5-7(8)19-9;;/h3-6,11-12,15H,1-2H3,(H,21,23)(H,25,26)(H,27,28);;/q;2*+1/p-2/t11-,12?,15-;;/m1../s1. The number of fused-ring (bicyclic) bond motifs is 2. The van der Waals surface area contributed by atoms with Crippen LogP contribution >= 0.6 is 11.8 Å². The third-order valence-corrected chi connectivity index (χ3v) is 6.50. The van der Waals surface area contributed by atoms with Gasteiger partial charge in [-0.05, 0) is 26.0 Å².